The van der Waals surface area contributed by atoms with Gasteiger partial charge in [-0.15, -0.1) is 0 Å². The third kappa shape index (κ3) is 7.93. The molecule has 0 aliphatic rings. The second-order valence-corrected chi connectivity index (χ2v) is 9.96. The predicted octanol–water partition coefficient (Wildman–Crippen LogP) is 5.05. The van der Waals surface area contributed by atoms with Gasteiger partial charge in [-0.05, 0) is 54.8 Å². The number of hydrogen-bond acceptors (Lipinski definition) is 6. The Morgan fingerprint density at radius 2 is 1.40 bits per heavy atom. The predicted molar refractivity (Wildman–Crippen MR) is 134 cm³/mol. The molecule has 182 valence electrons. The van der Waals surface area contributed by atoms with Crippen molar-refractivity contribution in [2.75, 3.05) is 12.9 Å². The van der Waals surface area contributed by atoms with Crippen molar-refractivity contribution in [1.82, 2.24) is 0 Å². The average Bonchev–Trinajstić information content (AvgIpc) is 2.90. The molecule has 1 unspecified atom stereocenters. The number of sulfone groups is 1. The van der Waals surface area contributed by atoms with Crippen molar-refractivity contribution in [2.24, 2.45) is 0 Å². The van der Waals surface area contributed by atoms with Crippen molar-refractivity contribution in [3.05, 3.63) is 114 Å². The molecular weight excluding hydrogens is 464 g/mol. The van der Waals surface area contributed by atoms with Crippen molar-refractivity contribution >= 4 is 21.8 Å². The maximum Gasteiger partial charge on any atom is 0.338 e. The SMILES string of the molecule is COC(=O)c1ccc(CCC(C/C=C/CS(=O)(=O)c2ccccc2)OC(=O)c2ccccc2)cc1. The highest BCUT2D eigenvalue weighted by Crippen LogP contribution is 2.16. The zero-order chi connectivity index (χ0) is 25.1. The van der Waals surface area contributed by atoms with Crippen LogP contribution < -0.4 is 0 Å². The molecule has 0 fully saturated rings. The molecule has 0 radical (unpaired) electrons. The van der Waals surface area contributed by atoms with Gasteiger partial charge in [-0.1, -0.05) is 60.7 Å². The summed E-state index contributed by atoms with van der Waals surface area (Å²) < 4.78 is 35.4. The average molecular weight is 493 g/mol. The van der Waals surface area contributed by atoms with Gasteiger partial charge in [0.25, 0.3) is 0 Å². The summed E-state index contributed by atoms with van der Waals surface area (Å²) in [5, 5.41) is 0. The summed E-state index contributed by atoms with van der Waals surface area (Å²) in [5.41, 5.74) is 1.90. The molecule has 0 bridgehead atoms. The van der Waals surface area contributed by atoms with Crippen LogP contribution in [0.1, 0.15) is 39.1 Å². The van der Waals surface area contributed by atoms with Gasteiger partial charge >= 0.3 is 11.9 Å². The molecule has 1 atom stereocenters. The van der Waals surface area contributed by atoms with Gasteiger partial charge in [0.15, 0.2) is 9.84 Å². The molecule has 3 aromatic carbocycles. The summed E-state index contributed by atoms with van der Waals surface area (Å²) >= 11 is 0. The normalized spacial score (nSPS) is 12.3. The van der Waals surface area contributed by atoms with E-state index in [4.69, 9.17) is 9.47 Å². The summed E-state index contributed by atoms with van der Waals surface area (Å²) in [6.07, 6.45) is 4.42. The Labute approximate surface area is 206 Å². The summed E-state index contributed by atoms with van der Waals surface area (Å²) in [5.74, 6) is -0.963. The summed E-state index contributed by atoms with van der Waals surface area (Å²) in [4.78, 5) is 24.5. The lowest BCUT2D eigenvalue weighted by molar-refractivity contribution is 0.0289. The van der Waals surface area contributed by atoms with Gasteiger partial charge in [0.05, 0.1) is 28.9 Å². The Kier molecular flexibility index (Phi) is 9.38. The number of methoxy groups -OCH3 is 1. The van der Waals surface area contributed by atoms with E-state index in [2.05, 4.69) is 0 Å². The van der Waals surface area contributed by atoms with E-state index < -0.39 is 27.9 Å². The number of aryl methyl sites for hydroxylation is 1. The first kappa shape index (κ1) is 25.9. The zero-order valence-electron chi connectivity index (χ0n) is 19.5. The standard InChI is InChI=1S/C28H28O6S/c1-33-27(29)24-18-15-22(16-19-24)17-20-25(34-28(30)23-10-4-2-5-11-23)12-8-9-21-35(31,32)26-13-6-3-7-14-26/h2-11,13-16,18-19,25H,12,17,20-21H2,1H3/b9-8+. The molecule has 0 amide bonds. The van der Waals surface area contributed by atoms with E-state index in [1.165, 1.54) is 7.11 Å². The first-order valence-electron chi connectivity index (χ1n) is 11.2. The Balaban J connectivity index is 1.64. The Morgan fingerprint density at radius 3 is 2.03 bits per heavy atom. The van der Waals surface area contributed by atoms with Crippen LogP contribution in [0.15, 0.2) is 102 Å². The maximum absolute atomic E-state index is 12.6. The highest BCUT2D eigenvalue weighted by atomic mass is 32.2. The van der Waals surface area contributed by atoms with Crippen molar-refractivity contribution in [1.29, 1.82) is 0 Å². The number of esters is 2. The summed E-state index contributed by atoms with van der Waals surface area (Å²) in [6, 6.07) is 24.1. The fourth-order valence-electron chi connectivity index (χ4n) is 3.44. The highest BCUT2D eigenvalue weighted by molar-refractivity contribution is 7.91. The first-order chi connectivity index (χ1) is 16.9. The van der Waals surface area contributed by atoms with Gasteiger partial charge < -0.3 is 9.47 Å². The van der Waals surface area contributed by atoms with Gasteiger partial charge in [0, 0.05) is 6.42 Å². The Hall–Kier alpha value is -3.71. The number of ether oxygens (including phenoxy) is 2. The fraction of sp³-hybridized carbons (Fsp3) is 0.214. The van der Waals surface area contributed by atoms with Gasteiger partial charge in [-0.25, -0.2) is 18.0 Å². The zero-order valence-corrected chi connectivity index (χ0v) is 20.3. The van der Waals surface area contributed by atoms with Crippen LogP contribution in [0.5, 0.6) is 0 Å². The molecule has 0 saturated heterocycles. The van der Waals surface area contributed by atoms with E-state index in [1.807, 2.05) is 18.2 Å². The fourth-order valence-corrected chi connectivity index (χ4v) is 4.59. The minimum absolute atomic E-state index is 0.134. The molecule has 7 heteroatoms. The smallest absolute Gasteiger partial charge is 0.338 e. The topological polar surface area (TPSA) is 86.7 Å². The highest BCUT2D eigenvalue weighted by Gasteiger charge is 2.16. The molecule has 0 aliphatic heterocycles. The van der Waals surface area contributed by atoms with Crippen LogP contribution in [0, 0.1) is 0 Å². The number of hydrogen-bond donors (Lipinski definition) is 0. The van der Waals surface area contributed by atoms with E-state index in [-0.39, 0.29) is 10.6 Å². The molecular formula is C28H28O6S. The van der Waals surface area contributed by atoms with Gasteiger partial charge in [0.1, 0.15) is 6.10 Å². The minimum Gasteiger partial charge on any atom is -0.465 e. The van der Waals surface area contributed by atoms with E-state index in [9.17, 15) is 18.0 Å². The molecule has 0 aromatic heterocycles. The van der Waals surface area contributed by atoms with E-state index >= 15 is 0 Å². The van der Waals surface area contributed by atoms with E-state index in [0.717, 1.165) is 5.56 Å². The molecule has 0 aliphatic carbocycles. The molecule has 3 aromatic rings. The Bertz CT molecular complexity index is 1230. The van der Waals surface area contributed by atoms with Crippen LogP contribution in [0.2, 0.25) is 0 Å². The van der Waals surface area contributed by atoms with Crippen LogP contribution in [0.25, 0.3) is 0 Å². The first-order valence-corrected chi connectivity index (χ1v) is 12.9. The van der Waals surface area contributed by atoms with Crippen molar-refractivity contribution in [3.63, 3.8) is 0 Å². The van der Waals surface area contributed by atoms with Crippen LogP contribution in [-0.4, -0.2) is 39.3 Å². The second-order valence-electron chi connectivity index (χ2n) is 7.92. The molecule has 0 spiro atoms. The largest absolute Gasteiger partial charge is 0.465 e. The molecule has 0 N–H and O–H groups in total. The monoisotopic (exact) mass is 492 g/mol. The van der Waals surface area contributed by atoms with Crippen molar-refractivity contribution in [3.8, 4) is 0 Å². The summed E-state index contributed by atoms with van der Waals surface area (Å²) in [6.45, 7) is 0. The summed E-state index contributed by atoms with van der Waals surface area (Å²) in [7, 11) is -2.09. The van der Waals surface area contributed by atoms with Gasteiger partial charge in [0.2, 0.25) is 0 Å². The van der Waals surface area contributed by atoms with Crippen LogP contribution in [0.3, 0.4) is 0 Å². The van der Waals surface area contributed by atoms with E-state index in [0.29, 0.717) is 30.4 Å². The number of carbonyl (C=O) groups excluding carboxylic acids is 2. The molecule has 3 rings (SSSR count). The molecule has 0 heterocycles. The third-order valence-corrected chi connectivity index (χ3v) is 7.02. The second kappa shape index (κ2) is 12.7. The number of benzene rings is 3. The van der Waals surface area contributed by atoms with Gasteiger partial charge in [-0.2, -0.15) is 0 Å². The van der Waals surface area contributed by atoms with Crippen LogP contribution >= 0.6 is 0 Å². The van der Waals surface area contributed by atoms with Crippen molar-refractivity contribution < 1.29 is 27.5 Å². The van der Waals surface area contributed by atoms with Crippen LogP contribution in [0.4, 0.5) is 0 Å². The number of rotatable bonds is 11. The van der Waals surface area contributed by atoms with Crippen LogP contribution in [-0.2, 0) is 25.7 Å². The van der Waals surface area contributed by atoms with Crippen molar-refractivity contribution in [2.45, 2.75) is 30.3 Å². The Morgan fingerprint density at radius 1 is 0.800 bits per heavy atom. The molecule has 6 nitrogen and oxygen atoms in total. The molecule has 35 heavy (non-hydrogen) atoms. The maximum atomic E-state index is 12.6. The third-order valence-electron chi connectivity index (χ3n) is 5.40. The van der Waals surface area contributed by atoms with Gasteiger partial charge in [-0.3, -0.25) is 0 Å². The lowest BCUT2D eigenvalue weighted by Crippen LogP contribution is -2.19. The lowest BCUT2D eigenvalue weighted by Gasteiger charge is -2.17. The quantitative estimate of drug-likeness (QED) is 0.275. The lowest BCUT2D eigenvalue weighted by atomic mass is 10.0. The number of carbonyl (C=O) groups is 2. The van der Waals surface area contributed by atoms with E-state index in [1.54, 1.807) is 78.9 Å². The minimum atomic E-state index is -3.43. The molecule has 0 saturated carbocycles.